The van der Waals surface area contributed by atoms with Crippen molar-refractivity contribution in [3.05, 3.63) is 0 Å². The van der Waals surface area contributed by atoms with Crippen molar-refractivity contribution in [3.63, 3.8) is 0 Å². The average molecular weight is 215 g/mol. The van der Waals surface area contributed by atoms with Gasteiger partial charge in [-0.05, 0) is 0 Å². The summed E-state index contributed by atoms with van der Waals surface area (Å²) in [7, 11) is 1.54. The number of amides is 1. The van der Waals surface area contributed by atoms with Gasteiger partial charge in [-0.3, -0.25) is 4.79 Å². The van der Waals surface area contributed by atoms with Gasteiger partial charge in [-0.1, -0.05) is 13.8 Å². The van der Waals surface area contributed by atoms with Crippen molar-refractivity contribution >= 4 is 12.2 Å². The minimum atomic E-state index is -1.15. The molecule has 86 valence electrons. The molecule has 1 amide bonds. The van der Waals surface area contributed by atoms with Crippen molar-refractivity contribution in [1.82, 2.24) is 0 Å². The Morgan fingerprint density at radius 2 is 2.07 bits per heavy atom. The van der Waals surface area contributed by atoms with E-state index in [2.05, 4.69) is 0 Å². The van der Waals surface area contributed by atoms with Gasteiger partial charge in [0.05, 0.1) is 19.1 Å². The summed E-state index contributed by atoms with van der Waals surface area (Å²) >= 11 is 0. The zero-order chi connectivity index (χ0) is 11.7. The van der Waals surface area contributed by atoms with Crippen LogP contribution in [0.3, 0.4) is 0 Å². The first-order valence-electron chi connectivity index (χ1n) is 4.83. The van der Waals surface area contributed by atoms with Crippen LogP contribution in [0.2, 0.25) is 0 Å². The first-order chi connectivity index (χ1) is 6.95. The maximum atomic E-state index is 11.4. The zero-order valence-electron chi connectivity index (χ0n) is 9.28. The second kappa shape index (κ2) is 3.90. The van der Waals surface area contributed by atoms with Gasteiger partial charge in [0.1, 0.15) is 6.29 Å². The molecule has 0 saturated heterocycles. The van der Waals surface area contributed by atoms with Crippen molar-refractivity contribution in [1.29, 1.82) is 0 Å². The van der Waals surface area contributed by atoms with Crippen LogP contribution in [-0.2, 0) is 19.1 Å². The normalized spacial score (nSPS) is 32.3. The highest BCUT2D eigenvalue weighted by Gasteiger charge is 2.76. The molecule has 5 heteroatoms. The van der Waals surface area contributed by atoms with Crippen molar-refractivity contribution in [2.24, 2.45) is 17.1 Å². The van der Waals surface area contributed by atoms with Crippen LogP contribution in [0.1, 0.15) is 13.8 Å². The highest BCUT2D eigenvalue weighted by Crippen LogP contribution is 2.62. The highest BCUT2D eigenvalue weighted by molar-refractivity contribution is 5.94. The Hall–Kier alpha value is -0.940. The first kappa shape index (κ1) is 12.1. The number of carbonyl (C=O) groups is 2. The molecular weight excluding hydrogens is 198 g/mol. The van der Waals surface area contributed by atoms with E-state index >= 15 is 0 Å². The molecule has 0 aliphatic heterocycles. The van der Waals surface area contributed by atoms with Crippen LogP contribution in [-0.4, -0.2) is 38.1 Å². The molecule has 0 aromatic carbocycles. The van der Waals surface area contributed by atoms with Gasteiger partial charge in [-0.25, -0.2) is 0 Å². The van der Waals surface area contributed by atoms with Gasteiger partial charge in [0, 0.05) is 12.5 Å². The largest absolute Gasteiger partial charge is 0.382 e. The van der Waals surface area contributed by atoms with E-state index in [1.54, 1.807) is 13.8 Å². The van der Waals surface area contributed by atoms with Crippen LogP contribution in [0.5, 0.6) is 0 Å². The van der Waals surface area contributed by atoms with Gasteiger partial charge < -0.3 is 20.0 Å². The first-order valence-corrected chi connectivity index (χ1v) is 4.83. The summed E-state index contributed by atoms with van der Waals surface area (Å²) in [5.74, 6) is -1.04. The van der Waals surface area contributed by atoms with E-state index in [0.29, 0.717) is 6.61 Å². The zero-order valence-corrected chi connectivity index (χ0v) is 9.28. The average Bonchev–Trinajstić information content (AvgIpc) is 2.64. The summed E-state index contributed by atoms with van der Waals surface area (Å²) in [5, 5.41) is 0. The maximum absolute atomic E-state index is 11.4. The Morgan fingerprint density at radius 1 is 1.47 bits per heavy atom. The fourth-order valence-corrected chi connectivity index (χ4v) is 2.13. The van der Waals surface area contributed by atoms with E-state index in [0.717, 1.165) is 6.29 Å². The van der Waals surface area contributed by atoms with Crippen molar-refractivity contribution in [2.45, 2.75) is 19.4 Å². The third-order valence-electron chi connectivity index (χ3n) is 3.21. The van der Waals surface area contributed by atoms with Gasteiger partial charge in [0.15, 0.2) is 5.60 Å². The number of rotatable bonds is 6. The number of carbonyl (C=O) groups excluding carboxylic acids is 2. The monoisotopic (exact) mass is 215 g/mol. The quantitative estimate of drug-likeness (QED) is 0.488. The fraction of sp³-hybridized carbons (Fsp3) is 0.800. The van der Waals surface area contributed by atoms with Crippen LogP contribution < -0.4 is 5.73 Å². The standard InChI is InChI=1S/C10H17NO4/c1-9(2)7(6-12)10(9,8(11)13)15-5-4-14-3/h6-7H,4-5H2,1-3H3,(H2,11,13). The van der Waals surface area contributed by atoms with Gasteiger partial charge in [-0.15, -0.1) is 0 Å². The Labute approximate surface area is 88.9 Å². The lowest BCUT2D eigenvalue weighted by Crippen LogP contribution is -2.39. The van der Waals surface area contributed by atoms with Crippen molar-refractivity contribution in [2.75, 3.05) is 20.3 Å². The van der Waals surface area contributed by atoms with E-state index in [4.69, 9.17) is 15.2 Å². The molecule has 0 radical (unpaired) electrons. The van der Waals surface area contributed by atoms with Gasteiger partial charge >= 0.3 is 0 Å². The Balaban J connectivity index is 2.75. The molecule has 15 heavy (non-hydrogen) atoms. The minimum Gasteiger partial charge on any atom is -0.382 e. The molecule has 2 unspecified atom stereocenters. The molecular formula is C10H17NO4. The SMILES string of the molecule is COCCOC1(C(N)=O)C(C=O)C1(C)C. The summed E-state index contributed by atoms with van der Waals surface area (Å²) in [4.78, 5) is 22.2. The maximum Gasteiger partial charge on any atom is 0.251 e. The van der Waals surface area contributed by atoms with E-state index in [1.807, 2.05) is 0 Å². The molecule has 2 atom stereocenters. The number of ether oxygens (including phenoxy) is 2. The second-order valence-electron chi connectivity index (χ2n) is 4.28. The summed E-state index contributed by atoms with van der Waals surface area (Å²) in [6.07, 6.45) is 0.734. The van der Waals surface area contributed by atoms with Crippen LogP contribution in [0.25, 0.3) is 0 Å². The third-order valence-corrected chi connectivity index (χ3v) is 3.21. The number of nitrogens with two attached hydrogens (primary N) is 1. The molecule has 0 spiro atoms. The summed E-state index contributed by atoms with van der Waals surface area (Å²) in [5.41, 5.74) is 3.63. The predicted molar refractivity (Wildman–Crippen MR) is 53.1 cm³/mol. The minimum absolute atomic E-state index is 0.257. The number of aldehydes is 1. The smallest absolute Gasteiger partial charge is 0.251 e. The third kappa shape index (κ3) is 1.55. The van der Waals surface area contributed by atoms with E-state index < -0.39 is 22.8 Å². The van der Waals surface area contributed by atoms with Crippen LogP contribution in [0, 0.1) is 11.3 Å². The number of methoxy groups -OCH3 is 1. The molecule has 0 aromatic heterocycles. The molecule has 0 heterocycles. The fourth-order valence-electron chi connectivity index (χ4n) is 2.13. The van der Waals surface area contributed by atoms with Crippen LogP contribution >= 0.6 is 0 Å². The molecule has 0 bridgehead atoms. The molecule has 1 aliphatic carbocycles. The summed E-state index contributed by atoms with van der Waals surface area (Å²) < 4.78 is 10.2. The lowest BCUT2D eigenvalue weighted by Gasteiger charge is -2.17. The lowest BCUT2D eigenvalue weighted by molar-refractivity contribution is -0.138. The molecule has 1 saturated carbocycles. The highest BCUT2D eigenvalue weighted by atomic mass is 16.5. The summed E-state index contributed by atoms with van der Waals surface area (Å²) in [6, 6.07) is 0. The van der Waals surface area contributed by atoms with E-state index in [-0.39, 0.29) is 6.61 Å². The Kier molecular flexibility index (Phi) is 3.16. The summed E-state index contributed by atoms with van der Waals surface area (Å²) in [6.45, 7) is 4.22. The molecule has 1 fully saturated rings. The van der Waals surface area contributed by atoms with Gasteiger partial charge in [0.25, 0.3) is 5.91 Å². The lowest BCUT2D eigenvalue weighted by atomic mass is 10.1. The molecule has 1 rings (SSSR count). The van der Waals surface area contributed by atoms with Crippen LogP contribution in [0.4, 0.5) is 0 Å². The van der Waals surface area contributed by atoms with Crippen molar-refractivity contribution < 1.29 is 19.1 Å². The van der Waals surface area contributed by atoms with E-state index in [9.17, 15) is 9.59 Å². The number of hydrogen-bond donors (Lipinski definition) is 1. The van der Waals surface area contributed by atoms with Gasteiger partial charge in [-0.2, -0.15) is 0 Å². The Bertz CT molecular complexity index is 277. The number of hydrogen-bond acceptors (Lipinski definition) is 4. The van der Waals surface area contributed by atoms with Gasteiger partial charge in [0.2, 0.25) is 0 Å². The predicted octanol–water partition coefficient (Wildman–Crippen LogP) is -0.272. The Morgan fingerprint density at radius 3 is 2.40 bits per heavy atom. The second-order valence-corrected chi connectivity index (χ2v) is 4.28. The van der Waals surface area contributed by atoms with Crippen molar-refractivity contribution in [3.8, 4) is 0 Å². The molecule has 5 nitrogen and oxygen atoms in total. The number of primary amides is 1. The molecule has 0 aromatic rings. The van der Waals surface area contributed by atoms with Crippen LogP contribution in [0.15, 0.2) is 0 Å². The van der Waals surface area contributed by atoms with E-state index in [1.165, 1.54) is 7.11 Å². The molecule has 2 N–H and O–H groups in total. The molecule has 1 aliphatic rings. The topological polar surface area (TPSA) is 78.6 Å².